The van der Waals surface area contributed by atoms with E-state index in [4.69, 9.17) is 15.9 Å². The van der Waals surface area contributed by atoms with E-state index < -0.39 is 63.7 Å². The number of halogens is 1. The number of aliphatic hydroxyl groups is 1. The van der Waals surface area contributed by atoms with Crippen LogP contribution in [0.15, 0.2) is 82.6 Å². The fourth-order valence-electron chi connectivity index (χ4n) is 9.65. The van der Waals surface area contributed by atoms with Crippen LogP contribution < -0.4 is 19.9 Å². The fourth-order valence-corrected chi connectivity index (χ4v) is 13.3. The lowest BCUT2D eigenvalue weighted by Crippen LogP contribution is -2.40. The minimum Gasteiger partial charge on any atom is -0.399 e. The summed E-state index contributed by atoms with van der Waals surface area (Å²) < 4.78 is 107. The normalized spacial score (nSPS) is 18.3. The van der Waals surface area contributed by atoms with Gasteiger partial charge in [-0.25, -0.2) is 39.1 Å². The Bertz CT molecular complexity index is 3320. The maximum Gasteiger partial charge on any atom is 0.243 e. The van der Waals surface area contributed by atoms with Crippen molar-refractivity contribution in [1.82, 2.24) is 29.0 Å². The molecule has 0 radical (unpaired) electrons. The quantitative estimate of drug-likeness (QED) is 0.0513. The van der Waals surface area contributed by atoms with Gasteiger partial charge in [0.05, 0.1) is 39.5 Å². The van der Waals surface area contributed by atoms with Gasteiger partial charge >= 0.3 is 0 Å². The summed E-state index contributed by atoms with van der Waals surface area (Å²) in [6.07, 6.45) is 4.79. The number of aromatic nitrogens is 4. The molecule has 20 heteroatoms. The molecule has 370 valence electrons. The molecule has 2 aliphatic rings. The fraction of sp³-hybridized carbons (Fsp3) is 0.449. The molecular weight excluding hydrogens is 944 g/mol. The van der Waals surface area contributed by atoms with Crippen LogP contribution in [0.2, 0.25) is 0 Å². The monoisotopic (exact) mass is 1000 g/mol. The number of fused-ring (bicyclic) bond motifs is 2. The van der Waals surface area contributed by atoms with Gasteiger partial charge < -0.3 is 10.8 Å². The third-order valence-corrected chi connectivity index (χ3v) is 17.5. The van der Waals surface area contributed by atoms with Crippen LogP contribution in [0, 0.1) is 5.82 Å². The van der Waals surface area contributed by atoms with Crippen molar-refractivity contribution in [3.05, 3.63) is 107 Å². The molecule has 2 aromatic heterocycles. The Labute approximate surface area is 403 Å². The molecule has 0 aliphatic heterocycles. The molecule has 3 unspecified atom stereocenters. The lowest BCUT2D eigenvalue weighted by atomic mass is 9.80. The summed E-state index contributed by atoms with van der Waals surface area (Å²) in [6, 6.07) is 17.9. The van der Waals surface area contributed by atoms with Gasteiger partial charge in [0.15, 0.2) is 0 Å². The number of sulfonamides is 3. The maximum absolute atomic E-state index is 15.1. The van der Waals surface area contributed by atoms with Gasteiger partial charge in [0.1, 0.15) is 28.2 Å². The summed E-state index contributed by atoms with van der Waals surface area (Å²) in [6.45, 7) is 11.7. The molecule has 0 saturated heterocycles. The highest BCUT2D eigenvalue weighted by Gasteiger charge is 2.34. The first-order valence-corrected chi connectivity index (χ1v) is 27.9. The summed E-state index contributed by atoms with van der Waals surface area (Å²) in [5.41, 5.74) is 7.78. The van der Waals surface area contributed by atoms with Crippen molar-refractivity contribution in [2.24, 2.45) is 0 Å². The molecule has 3 atom stereocenters. The first-order valence-electron chi connectivity index (χ1n) is 23.3. The van der Waals surface area contributed by atoms with Gasteiger partial charge in [-0.2, -0.15) is 10.2 Å². The average Bonchev–Trinajstić information content (AvgIpc) is 4.02. The van der Waals surface area contributed by atoms with Crippen molar-refractivity contribution in [2.75, 3.05) is 16.2 Å². The largest absolute Gasteiger partial charge is 0.399 e. The second kappa shape index (κ2) is 18.5. The number of nitrogens with zero attached hydrogens (tertiary/aromatic N) is 4. The number of aliphatic hydroxyl groups excluding tert-OH is 1. The van der Waals surface area contributed by atoms with E-state index in [-0.39, 0.29) is 39.9 Å². The van der Waals surface area contributed by atoms with Gasteiger partial charge in [-0.15, -0.1) is 0 Å². The zero-order valence-corrected chi connectivity index (χ0v) is 42.3. The Morgan fingerprint density at radius 2 is 1.41 bits per heavy atom. The number of rotatable bonds is 14. The first-order chi connectivity index (χ1) is 32.2. The molecule has 2 saturated carbocycles. The van der Waals surface area contributed by atoms with Gasteiger partial charge in [0, 0.05) is 33.1 Å². The molecule has 2 aliphatic carbocycles. The molecule has 8 rings (SSSR count). The lowest BCUT2D eigenvalue weighted by molar-refractivity contribution is 0.103. The number of nitrogens with one attached hydrogen (secondary N) is 3. The molecule has 6 aromatic rings. The maximum atomic E-state index is 15.1. The zero-order chi connectivity index (χ0) is 50.0. The molecule has 0 amide bonds. The Hall–Kier alpha value is -5.25. The number of hydrogen-bond donors (Lipinski definition) is 5. The van der Waals surface area contributed by atoms with Crippen molar-refractivity contribution >= 4 is 69.0 Å². The van der Waals surface area contributed by atoms with Crippen molar-refractivity contribution < 1.29 is 39.5 Å². The summed E-state index contributed by atoms with van der Waals surface area (Å²) in [5.74, 6) is -1.99. The number of anilines is 2. The summed E-state index contributed by atoms with van der Waals surface area (Å²) >= 11 is 0. The molecule has 69 heavy (non-hydrogen) atoms. The number of ketones is 1. The van der Waals surface area contributed by atoms with Crippen LogP contribution in [0.4, 0.5) is 15.8 Å². The van der Waals surface area contributed by atoms with Crippen LogP contribution in [0.25, 0.3) is 21.8 Å². The van der Waals surface area contributed by atoms with Crippen LogP contribution in [0.5, 0.6) is 0 Å². The van der Waals surface area contributed by atoms with E-state index in [0.717, 1.165) is 37.8 Å². The van der Waals surface area contributed by atoms with Gasteiger partial charge in [0.25, 0.3) is 0 Å². The smallest absolute Gasteiger partial charge is 0.243 e. The number of carbonyl (C=O) groups excluding carboxylic acids is 1. The van der Waals surface area contributed by atoms with Crippen molar-refractivity contribution in [1.29, 1.82) is 0 Å². The van der Waals surface area contributed by atoms with Gasteiger partial charge in [-0.3, -0.25) is 18.9 Å². The van der Waals surface area contributed by atoms with Crippen LogP contribution in [-0.4, -0.2) is 72.5 Å². The van der Waals surface area contributed by atoms with Crippen molar-refractivity contribution in [3.63, 3.8) is 0 Å². The molecule has 2 fully saturated rings. The predicted octanol–water partition coefficient (Wildman–Crippen LogP) is 8.35. The molecule has 4 aromatic carbocycles. The topological polar surface area (TPSA) is 237 Å². The third kappa shape index (κ3) is 10.8. The number of benzene rings is 4. The second-order valence-electron chi connectivity index (χ2n) is 20.5. The SMILES string of the molecule is CCS(=O)(=O)Nc1ccc2c(C(O)c3cc(C4CCCC(n5nc(C(=O)c6ccc(F)c(S(=O)(=O)NC(C)(C)C)c6)c6ccc(N)cc65)C4)cc(S(=O)(=O)NC(C)(C)C)c3)nn(C3CCCC3)c2c1. The average molecular weight is 1010 g/mol. The first kappa shape index (κ1) is 50.1. The molecule has 6 N–H and O–H groups in total. The zero-order valence-electron chi connectivity index (χ0n) is 39.9. The van der Waals surface area contributed by atoms with Crippen molar-refractivity contribution in [2.45, 2.75) is 145 Å². The molecule has 0 spiro atoms. The van der Waals surface area contributed by atoms with E-state index in [0.29, 0.717) is 75.7 Å². The van der Waals surface area contributed by atoms with Crippen molar-refractivity contribution in [3.8, 4) is 0 Å². The second-order valence-corrected chi connectivity index (χ2v) is 25.9. The number of hydrogen-bond acceptors (Lipinski definition) is 11. The van der Waals surface area contributed by atoms with Gasteiger partial charge in [-0.05, 0) is 164 Å². The van der Waals surface area contributed by atoms with E-state index in [1.165, 1.54) is 12.1 Å². The van der Waals surface area contributed by atoms with Gasteiger partial charge in [0.2, 0.25) is 35.9 Å². The molecule has 0 bridgehead atoms. The van der Waals surface area contributed by atoms with E-state index in [1.54, 1.807) is 95.6 Å². The Morgan fingerprint density at radius 1 is 0.768 bits per heavy atom. The number of carbonyl (C=O) groups is 1. The minimum atomic E-state index is -4.35. The predicted molar refractivity (Wildman–Crippen MR) is 265 cm³/mol. The highest BCUT2D eigenvalue weighted by Crippen LogP contribution is 2.43. The summed E-state index contributed by atoms with van der Waals surface area (Å²) in [4.78, 5) is 13.6. The standard InChI is InChI=1S/C49H61FN8O8S3/c1-8-67(61,62)54-34-18-20-39-42(28-34)57(35-13-9-10-14-35)52-45(39)47(60)32-22-31(24-37(25-32)68(63,64)55-48(2,3)4)29-12-11-15-36(23-29)58-41-27-33(51)17-19-38(41)44(53-58)46(59)30-16-21-40(50)43(26-30)69(65,66)56-49(5,6)7/h16-22,24-29,35-36,47,54-56,60H,8-15,23,51H2,1-7H3. The van der Waals surface area contributed by atoms with Crippen LogP contribution in [0.3, 0.4) is 0 Å². The lowest BCUT2D eigenvalue weighted by Gasteiger charge is -2.31. The van der Waals surface area contributed by atoms with Crippen LogP contribution in [-0.2, 0) is 30.1 Å². The minimum absolute atomic E-state index is 0.0217. The highest BCUT2D eigenvalue weighted by molar-refractivity contribution is 7.92. The number of nitrogens with two attached hydrogens (primary N) is 1. The van der Waals surface area contributed by atoms with E-state index in [1.807, 2.05) is 10.7 Å². The summed E-state index contributed by atoms with van der Waals surface area (Å²) in [5, 5.41) is 23.3. The third-order valence-electron chi connectivity index (χ3n) is 12.7. The van der Waals surface area contributed by atoms with Crippen LogP contribution in [0.1, 0.15) is 157 Å². The van der Waals surface area contributed by atoms with E-state index in [2.05, 4.69) is 14.2 Å². The molecule has 16 nitrogen and oxygen atoms in total. The summed E-state index contributed by atoms with van der Waals surface area (Å²) in [7, 11) is -12.1. The van der Waals surface area contributed by atoms with E-state index >= 15 is 4.39 Å². The highest BCUT2D eigenvalue weighted by atomic mass is 32.2. The Morgan fingerprint density at radius 3 is 2.09 bits per heavy atom. The van der Waals surface area contributed by atoms with Gasteiger partial charge in [-0.1, -0.05) is 25.3 Å². The Balaban J connectivity index is 1.19. The Kier molecular flexibility index (Phi) is 13.4. The molecule has 2 heterocycles. The van der Waals surface area contributed by atoms with Crippen LogP contribution >= 0.6 is 0 Å². The van der Waals surface area contributed by atoms with E-state index in [9.17, 15) is 35.2 Å². The molecular formula is C49H61FN8O8S3. The number of nitrogen functional groups attached to an aromatic ring is 1.